The van der Waals surface area contributed by atoms with Gasteiger partial charge in [0, 0.05) is 37.3 Å². The third-order valence-electron chi connectivity index (χ3n) is 4.17. The average Bonchev–Trinajstić information content (AvgIpc) is 2.92. The van der Waals surface area contributed by atoms with Crippen LogP contribution in [0.4, 0.5) is 5.82 Å². The Kier molecular flexibility index (Phi) is 3.54. The molecule has 0 saturated carbocycles. The van der Waals surface area contributed by atoms with Crippen molar-refractivity contribution < 1.29 is 4.74 Å². The number of rotatable bonds is 2. The molecule has 1 aliphatic rings. The van der Waals surface area contributed by atoms with Gasteiger partial charge in [0.15, 0.2) is 5.82 Å². The number of ether oxygens (including phenoxy) is 1. The molecular weight excluding hydrogens is 310 g/mol. The molecule has 0 bridgehead atoms. The Balaban J connectivity index is 2.03. The second kappa shape index (κ2) is 5.58. The second-order valence-corrected chi connectivity index (χ2v) is 6.81. The summed E-state index contributed by atoms with van der Waals surface area (Å²) in [7, 11) is 1.62. The number of hydrogen-bond donors (Lipinski definition) is 1. The first-order valence-corrected chi connectivity index (χ1v) is 8.57. The molecule has 4 heterocycles. The number of methoxy groups -OCH3 is 1. The molecule has 7 heteroatoms. The van der Waals surface area contributed by atoms with Gasteiger partial charge in [0.05, 0.1) is 11.8 Å². The smallest absolute Gasteiger partial charge is 0.318 e. The molecule has 1 N–H and O–H groups in total. The standard InChI is InChI=1S/C16H19N5OS/c1-9-8-10(2)18-15-11(9)12-13(23-15)14(20-16(19-12)22-3)21-6-4-17-5-7-21/h8,17H,4-7H2,1-3H3. The Labute approximate surface area is 138 Å². The summed E-state index contributed by atoms with van der Waals surface area (Å²) in [6, 6.07) is 2.53. The topological polar surface area (TPSA) is 63.2 Å². The zero-order chi connectivity index (χ0) is 16.0. The fourth-order valence-corrected chi connectivity index (χ4v) is 4.38. The number of nitrogens with zero attached hydrogens (tertiary/aromatic N) is 4. The van der Waals surface area contributed by atoms with E-state index in [2.05, 4.69) is 33.2 Å². The summed E-state index contributed by atoms with van der Waals surface area (Å²) in [5, 5.41) is 4.50. The van der Waals surface area contributed by atoms with Gasteiger partial charge in [0.2, 0.25) is 0 Å². The van der Waals surface area contributed by atoms with Crippen LogP contribution in [0.25, 0.3) is 20.4 Å². The maximum atomic E-state index is 5.36. The Bertz CT molecular complexity index is 885. The van der Waals surface area contributed by atoms with Crippen molar-refractivity contribution in [1.29, 1.82) is 0 Å². The number of nitrogens with one attached hydrogen (secondary N) is 1. The lowest BCUT2D eigenvalue weighted by Gasteiger charge is -2.28. The molecule has 0 unspecified atom stereocenters. The first-order valence-electron chi connectivity index (χ1n) is 7.75. The van der Waals surface area contributed by atoms with Gasteiger partial charge in [-0.3, -0.25) is 0 Å². The van der Waals surface area contributed by atoms with Crippen molar-refractivity contribution in [3.8, 4) is 6.01 Å². The van der Waals surface area contributed by atoms with Crippen molar-refractivity contribution in [3.63, 3.8) is 0 Å². The van der Waals surface area contributed by atoms with Gasteiger partial charge in [-0.05, 0) is 25.5 Å². The minimum absolute atomic E-state index is 0.422. The molecule has 0 radical (unpaired) electrons. The third-order valence-corrected chi connectivity index (χ3v) is 5.24. The molecule has 3 aromatic heterocycles. The van der Waals surface area contributed by atoms with E-state index in [1.165, 1.54) is 5.56 Å². The van der Waals surface area contributed by atoms with E-state index < -0.39 is 0 Å². The molecule has 1 saturated heterocycles. The quantitative estimate of drug-likeness (QED) is 0.778. The van der Waals surface area contributed by atoms with Crippen LogP contribution in [0.1, 0.15) is 11.3 Å². The molecule has 4 rings (SSSR count). The van der Waals surface area contributed by atoms with Crippen LogP contribution in [0.2, 0.25) is 0 Å². The van der Waals surface area contributed by atoms with Gasteiger partial charge < -0.3 is 15.0 Å². The SMILES string of the molecule is COc1nc(N2CCNCC2)c2sc3nc(C)cc(C)c3c2n1. The summed E-state index contributed by atoms with van der Waals surface area (Å²) in [4.78, 5) is 17.3. The van der Waals surface area contributed by atoms with E-state index >= 15 is 0 Å². The summed E-state index contributed by atoms with van der Waals surface area (Å²) in [5.74, 6) is 0.966. The van der Waals surface area contributed by atoms with E-state index in [4.69, 9.17) is 9.72 Å². The van der Waals surface area contributed by atoms with Crippen LogP contribution in [0.3, 0.4) is 0 Å². The minimum Gasteiger partial charge on any atom is -0.467 e. The lowest BCUT2D eigenvalue weighted by atomic mass is 10.1. The van der Waals surface area contributed by atoms with E-state index in [1.807, 2.05) is 6.92 Å². The van der Waals surface area contributed by atoms with E-state index in [0.29, 0.717) is 6.01 Å². The molecule has 0 amide bonds. The molecule has 6 nitrogen and oxygen atoms in total. The van der Waals surface area contributed by atoms with Crippen LogP contribution in [0, 0.1) is 13.8 Å². The molecule has 0 aliphatic carbocycles. The van der Waals surface area contributed by atoms with Crippen LogP contribution < -0.4 is 15.0 Å². The largest absolute Gasteiger partial charge is 0.467 e. The molecule has 0 atom stereocenters. The molecule has 1 fully saturated rings. The molecule has 0 aromatic carbocycles. The summed E-state index contributed by atoms with van der Waals surface area (Å²) in [6.45, 7) is 7.95. The Morgan fingerprint density at radius 2 is 1.96 bits per heavy atom. The number of aromatic nitrogens is 3. The van der Waals surface area contributed by atoms with Crippen LogP contribution in [0.5, 0.6) is 6.01 Å². The van der Waals surface area contributed by atoms with Crippen molar-refractivity contribution >= 4 is 37.6 Å². The zero-order valence-corrected chi connectivity index (χ0v) is 14.3. The fraction of sp³-hybridized carbons (Fsp3) is 0.438. The van der Waals surface area contributed by atoms with Crippen molar-refractivity contribution in [2.24, 2.45) is 0 Å². The first kappa shape index (κ1) is 14.6. The van der Waals surface area contributed by atoms with Crippen molar-refractivity contribution in [1.82, 2.24) is 20.3 Å². The lowest BCUT2D eigenvalue weighted by Crippen LogP contribution is -2.44. The number of thiophene rings is 1. The average molecular weight is 329 g/mol. The maximum absolute atomic E-state index is 5.36. The number of fused-ring (bicyclic) bond motifs is 3. The van der Waals surface area contributed by atoms with Gasteiger partial charge in [0.25, 0.3) is 0 Å². The highest BCUT2D eigenvalue weighted by atomic mass is 32.1. The van der Waals surface area contributed by atoms with Crippen LogP contribution in [0.15, 0.2) is 6.07 Å². The number of piperazine rings is 1. The molecule has 120 valence electrons. The van der Waals surface area contributed by atoms with E-state index in [1.54, 1.807) is 18.4 Å². The first-order chi connectivity index (χ1) is 11.2. The predicted octanol–water partition coefficient (Wildman–Crippen LogP) is 2.27. The number of anilines is 1. The minimum atomic E-state index is 0.422. The van der Waals surface area contributed by atoms with E-state index in [-0.39, 0.29) is 0 Å². The van der Waals surface area contributed by atoms with Gasteiger partial charge in [-0.2, -0.15) is 9.97 Å². The third kappa shape index (κ3) is 2.40. The fourth-order valence-electron chi connectivity index (χ4n) is 3.13. The highest BCUT2D eigenvalue weighted by molar-refractivity contribution is 7.26. The van der Waals surface area contributed by atoms with E-state index in [9.17, 15) is 0 Å². The Morgan fingerprint density at radius 1 is 1.17 bits per heavy atom. The van der Waals surface area contributed by atoms with Gasteiger partial charge in [0.1, 0.15) is 10.3 Å². The van der Waals surface area contributed by atoms with Gasteiger partial charge >= 0.3 is 6.01 Å². The summed E-state index contributed by atoms with van der Waals surface area (Å²) < 4.78 is 6.46. The summed E-state index contributed by atoms with van der Waals surface area (Å²) >= 11 is 1.68. The monoisotopic (exact) mass is 329 g/mol. The summed E-state index contributed by atoms with van der Waals surface area (Å²) in [5.41, 5.74) is 3.19. The van der Waals surface area contributed by atoms with Crippen LogP contribution in [-0.4, -0.2) is 48.2 Å². The van der Waals surface area contributed by atoms with Gasteiger partial charge in [-0.25, -0.2) is 4.98 Å². The zero-order valence-electron chi connectivity index (χ0n) is 13.5. The second-order valence-electron chi connectivity index (χ2n) is 5.81. The summed E-state index contributed by atoms with van der Waals surface area (Å²) in [6.07, 6.45) is 0. The number of aryl methyl sites for hydroxylation is 2. The van der Waals surface area contributed by atoms with Gasteiger partial charge in [-0.15, -0.1) is 11.3 Å². The van der Waals surface area contributed by atoms with Crippen molar-refractivity contribution in [3.05, 3.63) is 17.3 Å². The maximum Gasteiger partial charge on any atom is 0.318 e. The molecular formula is C16H19N5OS. The molecule has 23 heavy (non-hydrogen) atoms. The number of hydrogen-bond acceptors (Lipinski definition) is 7. The Hall–Kier alpha value is -1.99. The molecule has 1 aliphatic heterocycles. The molecule has 3 aromatic rings. The molecule has 0 spiro atoms. The highest BCUT2D eigenvalue weighted by Gasteiger charge is 2.21. The van der Waals surface area contributed by atoms with Gasteiger partial charge in [-0.1, -0.05) is 0 Å². The number of pyridine rings is 1. The van der Waals surface area contributed by atoms with Crippen molar-refractivity contribution in [2.75, 3.05) is 38.2 Å². The predicted molar refractivity (Wildman–Crippen MR) is 93.8 cm³/mol. The van der Waals surface area contributed by atoms with Crippen LogP contribution in [-0.2, 0) is 0 Å². The normalized spacial score (nSPS) is 15.5. The highest BCUT2D eigenvalue weighted by Crippen LogP contribution is 2.39. The van der Waals surface area contributed by atoms with Crippen molar-refractivity contribution in [2.45, 2.75) is 13.8 Å². The lowest BCUT2D eigenvalue weighted by molar-refractivity contribution is 0.381. The Morgan fingerprint density at radius 3 is 2.70 bits per heavy atom. The van der Waals surface area contributed by atoms with E-state index in [0.717, 1.165) is 58.1 Å². The van der Waals surface area contributed by atoms with Crippen LogP contribution >= 0.6 is 11.3 Å².